The molecule has 1 aromatic rings. The van der Waals surface area contributed by atoms with Crippen LogP contribution in [0.25, 0.3) is 0 Å². The van der Waals surface area contributed by atoms with Crippen molar-refractivity contribution >= 4 is 5.91 Å². The molecule has 7 heteroatoms. The molecule has 0 saturated heterocycles. The largest absolute Gasteiger partial charge is 0.417 e. The number of aromatic nitrogens is 1. The molecule has 0 aliphatic heterocycles. The van der Waals surface area contributed by atoms with Crippen LogP contribution in [0, 0.1) is 11.3 Å². The van der Waals surface area contributed by atoms with Crippen LogP contribution >= 0.6 is 0 Å². The zero-order chi connectivity index (χ0) is 12.3. The van der Waals surface area contributed by atoms with Crippen molar-refractivity contribution in [3.63, 3.8) is 0 Å². The van der Waals surface area contributed by atoms with Gasteiger partial charge in [-0.05, 0) is 12.1 Å². The van der Waals surface area contributed by atoms with Crippen LogP contribution < -0.4 is 5.73 Å². The van der Waals surface area contributed by atoms with Crippen molar-refractivity contribution in [3.8, 4) is 6.07 Å². The molecule has 0 aliphatic rings. The number of carbonyl (C=O) groups is 1. The summed E-state index contributed by atoms with van der Waals surface area (Å²) >= 11 is 0. The number of alkyl halides is 3. The Labute approximate surface area is 88.5 Å². The summed E-state index contributed by atoms with van der Waals surface area (Å²) in [4.78, 5) is 14.1. The summed E-state index contributed by atoms with van der Waals surface area (Å²) in [6, 6.07) is 3.26. The molecule has 1 amide bonds. The normalized spacial score (nSPS) is 12.9. The molecule has 1 rings (SSSR count). The van der Waals surface area contributed by atoms with Crippen LogP contribution in [0.2, 0.25) is 0 Å². The molecular formula is C9H6F3N3O. The second-order valence-corrected chi connectivity index (χ2v) is 2.93. The average molecular weight is 229 g/mol. The topological polar surface area (TPSA) is 79.8 Å². The summed E-state index contributed by atoms with van der Waals surface area (Å²) < 4.78 is 36.5. The van der Waals surface area contributed by atoms with Crippen LogP contribution in [0.1, 0.15) is 17.2 Å². The minimum atomic E-state index is -4.50. The van der Waals surface area contributed by atoms with Crippen molar-refractivity contribution in [2.75, 3.05) is 0 Å². The third kappa shape index (κ3) is 2.48. The maximum absolute atomic E-state index is 12.2. The van der Waals surface area contributed by atoms with E-state index in [0.29, 0.717) is 6.20 Å². The molecule has 1 unspecified atom stereocenters. The number of nitrogens with two attached hydrogens (primary N) is 1. The molecule has 0 spiro atoms. The average Bonchev–Trinajstić information content (AvgIpc) is 2.17. The van der Waals surface area contributed by atoms with Crippen molar-refractivity contribution in [1.29, 1.82) is 5.26 Å². The lowest BCUT2D eigenvalue weighted by Gasteiger charge is -2.08. The zero-order valence-corrected chi connectivity index (χ0v) is 7.82. The Bertz CT molecular complexity index is 433. The van der Waals surface area contributed by atoms with Crippen molar-refractivity contribution in [3.05, 3.63) is 29.6 Å². The molecular weight excluding hydrogens is 223 g/mol. The number of amides is 1. The summed E-state index contributed by atoms with van der Waals surface area (Å²) in [5.74, 6) is -2.28. The van der Waals surface area contributed by atoms with Gasteiger partial charge in [-0.15, -0.1) is 0 Å². The minimum Gasteiger partial charge on any atom is -0.368 e. The van der Waals surface area contributed by atoms with Crippen molar-refractivity contribution in [1.82, 2.24) is 4.98 Å². The Morgan fingerprint density at radius 2 is 2.12 bits per heavy atom. The van der Waals surface area contributed by atoms with E-state index in [0.717, 1.165) is 12.1 Å². The number of nitrogens with zero attached hydrogens (tertiary/aromatic N) is 2. The smallest absolute Gasteiger partial charge is 0.368 e. The van der Waals surface area contributed by atoms with Gasteiger partial charge in [0.05, 0.1) is 17.3 Å². The summed E-state index contributed by atoms with van der Waals surface area (Å²) in [5.41, 5.74) is 3.84. The maximum atomic E-state index is 12.2. The van der Waals surface area contributed by atoms with Crippen LogP contribution in [0.3, 0.4) is 0 Å². The summed E-state index contributed by atoms with van der Waals surface area (Å²) in [5, 5.41) is 8.57. The van der Waals surface area contributed by atoms with Gasteiger partial charge in [0, 0.05) is 6.20 Å². The fourth-order valence-electron chi connectivity index (χ4n) is 1.02. The molecule has 84 valence electrons. The number of primary amides is 1. The van der Waals surface area contributed by atoms with Gasteiger partial charge in [-0.1, -0.05) is 0 Å². The lowest BCUT2D eigenvalue weighted by molar-refractivity contribution is -0.137. The maximum Gasteiger partial charge on any atom is 0.417 e. The molecule has 1 atom stereocenters. The second kappa shape index (κ2) is 4.18. The number of pyridine rings is 1. The lowest BCUT2D eigenvalue weighted by Crippen LogP contribution is -2.21. The standard InChI is InChI=1S/C9H6F3N3O/c10-9(11,12)5-1-2-7(15-4-5)6(3-13)8(14)16/h1-2,4,6H,(H2,14,16). The SMILES string of the molecule is N#CC(C(N)=O)c1ccc(C(F)(F)F)cn1. The predicted octanol–water partition coefficient (Wildman–Crippen LogP) is 1.19. The Morgan fingerprint density at radius 3 is 2.44 bits per heavy atom. The molecule has 0 bridgehead atoms. The van der Waals surface area contributed by atoms with E-state index in [1.807, 2.05) is 0 Å². The van der Waals surface area contributed by atoms with E-state index in [1.165, 1.54) is 0 Å². The quantitative estimate of drug-likeness (QED) is 0.827. The van der Waals surface area contributed by atoms with Gasteiger partial charge >= 0.3 is 6.18 Å². The first-order valence-electron chi connectivity index (χ1n) is 4.08. The third-order valence-corrected chi connectivity index (χ3v) is 1.82. The van der Waals surface area contributed by atoms with Crippen LogP contribution in [0.4, 0.5) is 13.2 Å². The van der Waals surface area contributed by atoms with E-state index >= 15 is 0 Å². The molecule has 4 nitrogen and oxygen atoms in total. The first kappa shape index (κ1) is 12.0. The Hall–Kier alpha value is -2.10. The molecule has 2 N–H and O–H groups in total. The van der Waals surface area contributed by atoms with Crippen molar-refractivity contribution < 1.29 is 18.0 Å². The second-order valence-electron chi connectivity index (χ2n) is 2.93. The van der Waals surface area contributed by atoms with Gasteiger partial charge in [0.1, 0.15) is 0 Å². The Morgan fingerprint density at radius 1 is 1.50 bits per heavy atom. The van der Waals surface area contributed by atoms with E-state index in [1.54, 1.807) is 6.07 Å². The zero-order valence-electron chi connectivity index (χ0n) is 7.82. The monoisotopic (exact) mass is 229 g/mol. The van der Waals surface area contributed by atoms with Crippen molar-refractivity contribution in [2.45, 2.75) is 12.1 Å². The summed E-state index contributed by atoms with van der Waals surface area (Å²) in [6.07, 6.45) is -3.94. The van der Waals surface area contributed by atoms with Crippen LogP contribution in [-0.2, 0) is 11.0 Å². The van der Waals surface area contributed by atoms with Gasteiger partial charge < -0.3 is 5.73 Å². The molecule has 16 heavy (non-hydrogen) atoms. The highest BCUT2D eigenvalue weighted by atomic mass is 19.4. The fraction of sp³-hybridized carbons (Fsp3) is 0.222. The van der Waals surface area contributed by atoms with Gasteiger partial charge in [-0.2, -0.15) is 18.4 Å². The van der Waals surface area contributed by atoms with Crippen LogP contribution in [0.5, 0.6) is 0 Å². The van der Waals surface area contributed by atoms with Gasteiger partial charge in [-0.3, -0.25) is 9.78 Å². The lowest BCUT2D eigenvalue weighted by atomic mass is 10.1. The van der Waals surface area contributed by atoms with Gasteiger partial charge in [0.25, 0.3) is 0 Å². The van der Waals surface area contributed by atoms with Gasteiger partial charge in [0.2, 0.25) is 5.91 Å². The van der Waals surface area contributed by atoms with E-state index in [2.05, 4.69) is 4.98 Å². The van der Waals surface area contributed by atoms with Crippen LogP contribution in [0.15, 0.2) is 18.3 Å². The number of rotatable bonds is 2. The molecule has 1 heterocycles. The number of nitriles is 1. The number of hydrogen-bond donors (Lipinski definition) is 1. The predicted molar refractivity (Wildman–Crippen MR) is 46.8 cm³/mol. The van der Waals surface area contributed by atoms with Gasteiger partial charge in [-0.25, -0.2) is 0 Å². The highest BCUT2D eigenvalue weighted by molar-refractivity contribution is 5.84. The molecule has 0 radical (unpaired) electrons. The molecule has 0 saturated carbocycles. The molecule has 0 aromatic carbocycles. The first-order valence-corrected chi connectivity index (χ1v) is 4.08. The number of halogens is 3. The van der Waals surface area contributed by atoms with E-state index in [4.69, 9.17) is 11.0 Å². The van der Waals surface area contributed by atoms with E-state index in [-0.39, 0.29) is 5.69 Å². The Balaban J connectivity index is 3.04. The molecule has 0 fully saturated rings. The fourth-order valence-corrected chi connectivity index (χ4v) is 1.02. The summed E-state index contributed by atoms with van der Waals surface area (Å²) in [7, 11) is 0. The minimum absolute atomic E-state index is 0.0944. The number of hydrogen-bond acceptors (Lipinski definition) is 3. The Kier molecular flexibility index (Phi) is 3.13. The van der Waals surface area contributed by atoms with E-state index in [9.17, 15) is 18.0 Å². The van der Waals surface area contributed by atoms with Crippen molar-refractivity contribution in [2.24, 2.45) is 5.73 Å². The molecule has 0 aliphatic carbocycles. The van der Waals surface area contributed by atoms with Gasteiger partial charge in [0.15, 0.2) is 5.92 Å². The first-order chi connectivity index (χ1) is 7.36. The molecule has 1 aromatic heterocycles. The van der Waals surface area contributed by atoms with Crippen LogP contribution in [-0.4, -0.2) is 10.9 Å². The highest BCUT2D eigenvalue weighted by Crippen LogP contribution is 2.29. The highest BCUT2D eigenvalue weighted by Gasteiger charge is 2.31. The number of carbonyl (C=O) groups excluding carboxylic acids is 1. The van der Waals surface area contributed by atoms with E-state index < -0.39 is 23.6 Å². The third-order valence-electron chi connectivity index (χ3n) is 1.82. The summed E-state index contributed by atoms with van der Waals surface area (Å²) in [6.45, 7) is 0.